The largest absolute Gasteiger partial charge is 0.508 e. The summed E-state index contributed by atoms with van der Waals surface area (Å²) in [5.74, 6) is 0.417. The molecule has 0 aromatic heterocycles. The molecule has 0 spiro atoms. The van der Waals surface area contributed by atoms with Gasteiger partial charge in [0.05, 0.1) is 0 Å². The number of hydrogen-bond acceptors (Lipinski definition) is 2. The van der Waals surface area contributed by atoms with E-state index in [0.29, 0.717) is 11.1 Å². The van der Waals surface area contributed by atoms with Crippen LogP contribution in [-0.2, 0) is 0 Å². The molecule has 0 aliphatic rings. The molecule has 2 heteroatoms. The van der Waals surface area contributed by atoms with Gasteiger partial charge in [0.1, 0.15) is 5.75 Å². The van der Waals surface area contributed by atoms with Gasteiger partial charge >= 0.3 is 0 Å². The summed E-state index contributed by atoms with van der Waals surface area (Å²) in [5.41, 5.74) is 2.08. The fourth-order valence-corrected chi connectivity index (χ4v) is 1.91. The average Bonchev–Trinajstić information content (AvgIpc) is 2.39. The minimum Gasteiger partial charge on any atom is -0.508 e. The maximum atomic E-state index is 12.3. The van der Waals surface area contributed by atoms with E-state index in [1.165, 1.54) is 0 Å². The summed E-state index contributed by atoms with van der Waals surface area (Å²) < 4.78 is 0. The fraction of sp³-hybridized carbons (Fsp3) is 0.188. The zero-order valence-electron chi connectivity index (χ0n) is 10.6. The summed E-state index contributed by atoms with van der Waals surface area (Å²) in [5, 5.41) is 9.75. The van der Waals surface area contributed by atoms with Crippen molar-refractivity contribution in [2.45, 2.75) is 19.8 Å². The molecule has 0 fully saturated rings. The highest BCUT2D eigenvalue weighted by atomic mass is 16.3. The molecule has 0 radical (unpaired) electrons. The van der Waals surface area contributed by atoms with Crippen LogP contribution in [0.1, 0.15) is 41.3 Å². The maximum absolute atomic E-state index is 12.3. The number of carbonyl (C=O) groups excluding carboxylic acids is 1. The van der Waals surface area contributed by atoms with Gasteiger partial charge in [-0.3, -0.25) is 4.79 Å². The summed E-state index contributed by atoms with van der Waals surface area (Å²) >= 11 is 0. The topological polar surface area (TPSA) is 37.3 Å². The van der Waals surface area contributed by atoms with Crippen LogP contribution >= 0.6 is 0 Å². The van der Waals surface area contributed by atoms with E-state index < -0.39 is 0 Å². The third kappa shape index (κ3) is 2.43. The van der Waals surface area contributed by atoms with Gasteiger partial charge < -0.3 is 5.11 Å². The van der Waals surface area contributed by atoms with Crippen LogP contribution < -0.4 is 0 Å². The SMILES string of the molecule is CC(C)c1cc(C(=O)c2ccccc2)ccc1O. The number of phenolic OH excluding ortho intramolecular Hbond substituents is 1. The van der Waals surface area contributed by atoms with Gasteiger partial charge in [0.25, 0.3) is 0 Å². The highest BCUT2D eigenvalue weighted by Crippen LogP contribution is 2.27. The van der Waals surface area contributed by atoms with Gasteiger partial charge in [-0.05, 0) is 29.7 Å². The van der Waals surface area contributed by atoms with Crippen molar-refractivity contribution in [3.05, 3.63) is 65.2 Å². The molecule has 0 unspecified atom stereocenters. The summed E-state index contributed by atoms with van der Waals surface area (Å²) in [6, 6.07) is 14.2. The first-order chi connectivity index (χ1) is 8.59. The van der Waals surface area contributed by atoms with E-state index in [1.54, 1.807) is 30.3 Å². The van der Waals surface area contributed by atoms with Crippen LogP contribution in [0.2, 0.25) is 0 Å². The minimum absolute atomic E-state index is 0.0162. The number of rotatable bonds is 3. The summed E-state index contributed by atoms with van der Waals surface area (Å²) in [6.07, 6.45) is 0. The molecule has 2 aromatic carbocycles. The Kier molecular flexibility index (Phi) is 3.47. The van der Waals surface area contributed by atoms with Crippen LogP contribution in [0.4, 0.5) is 0 Å². The van der Waals surface area contributed by atoms with Gasteiger partial charge in [-0.25, -0.2) is 0 Å². The quantitative estimate of drug-likeness (QED) is 0.830. The van der Waals surface area contributed by atoms with E-state index >= 15 is 0 Å². The highest BCUT2D eigenvalue weighted by Gasteiger charge is 2.12. The first-order valence-corrected chi connectivity index (χ1v) is 6.02. The van der Waals surface area contributed by atoms with E-state index in [-0.39, 0.29) is 17.5 Å². The molecule has 1 N–H and O–H groups in total. The van der Waals surface area contributed by atoms with Gasteiger partial charge in [0.15, 0.2) is 5.78 Å². The van der Waals surface area contributed by atoms with Crippen molar-refractivity contribution < 1.29 is 9.90 Å². The van der Waals surface area contributed by atoms with Gasteiger partial charge in [-0.15, -0.1) is 0 Å². The minimum atomic E-state index is -0.0162. The Morgan fingerprint density at radius 1 is 1.00 bits per heavy atom. The van der Waals surface area contributed by atoms with Crippen molar-refractivity contribution in [1.82, 2.24) is 0 Å². The first kappa shape index (κ1) is 12.4. The second-order valence-electron chi connectivity index (χ2n) is 4.62. The van der Waals surface area contributed by atoms with Gasteiger partial charge in [-0.2, -0.15) is 0 Å². The molecule has 0 heterocycles. The molecule has 18 heavy (non-hydrogen) atoms. The van der Waals surface area contributed by atoms with Gasteiger partial charge in [0, 0.05) is 11.1 Å². The zero-order chi connectivity index (χ0) is 13.1. The van der Waals surface area contributed by atoms with Crippen LogP contribution in [0.3, 0.4) is 0 Å². The molecule has 0 saturated carbocycles. The van der Waals surface area contributed by atoms with Gasteiger partial charge in [0.2, 0.25) is 0 Å². The van der Waals surface area contributed by atoms with Crippen LogP contribution in [0.15, 0.2) is 48.5 Å². The Balaban J connectivity index is 2.41. The molecule has 0 atom stereocenters. The smallest absolute Gasteiger partial charge is 0.193 e. The number of ketones is 1. The predicted molar refractivity (Wildman–Crippen MR) is 72.1 cm³/mol. The molecule has 0 saturated heterocycles. The van der Waals surface area contributed by atoms with Crippen LogP contribution in [0.5, 0.6) is 5.75 Å². The molecular formula is C16H16O2. The Morgan fingerprint density at radius 3 is 2.28 bits per heavy atom. The molecule has 0 aliphatic carbocycles. The van der Waals surface area contributed by atoms with E-state index in [9.17, 15) is 9.90 Å². The lowest BCUT2D eigenvalue weighted by molar-refractivity contribution is 0.103. The van der Waals surface area contributed by atoms with E-state index in [0.717, 1.165) is 5.56 Å². The number of benzene rings is 2. The Morgan fingerprint density at radius 2 is 1.67 bits per heavy atom. The number of carbonyl (C=O) groups is 1. The van der Waals surface area contributed by atoms with Crippen molar-refractivity contribution in [2.75, 3.05) is 0 Å². The Labute approximate surface area is 107 Å². The monoisotopic (exact) mass is 240 g/mol. The summed E-state index contributed by atoms with van der Waals surface area (Å²) in [6.45, 7) is 3.98. The molecule has 0 amide bonds. The normalized spacial score (nSPS) is 10.6. The van der Waals surface area contributed by atoms with Crippen molar-refractivity contribution in [3.63, 3.8) is 0 Å². The lowest BCUT2D eigenvalue weighted by Gasteiger charge is -2.10. The van der Waals surface area contributed by atoms with Crippen LogP contribution in [0.25, 0.3) is 0 Å². The predicted octanol–water partition coefficient (Wildman–Crippen LogP) is 3.75. The van der Waals surface area contributed by atoms with E-state index in [1.807, 2.05) is 32.0 Å². The van der Waals surface area contributed by atoms with Gasteiger partial charge in [-0.1, -0.05) is 44.2 Å². The zero-order valence-corrected chi connectivity index (χ0v) is 10.6. The lowest BCUT2D eigenvalue weighted by atomic mass is 9.96. The highest BCUT2D eigenvalue weighted by molar-refractivity contribution is 6.09. The molecule has 0 aliphatic heterocycles. The number of phenols is 1. The Bertz CT molecular complexity index is 557. The van der Waals surface area contributed by atoms with Crippen molar-refractivity contribution in [1.29, 1.82) is 0 Å². The average molecular weight is 240 g/mol. The van der Waals surface area contributed by atoms with Crippen LogP contribution in [-0.4, -0.2) is 10.9 Å². The van der Waals surface area contributed by atoms with Crippen molar-refractivity contribution in [3.8, 4) is 5.75 Å². The van der Waals surface area contributed by atoms with E-state index in [4.69, 9.17) is 0 Å². The maximum Gasteiger partial charge on any atom is 0.193 e. The van der Waals surface area contributed by atoms with Crippen molar-refractivity contribution in [2.24, 2.45) is 0 Å². The molecule has 2 aromatic rings. The second-order valence-corrected chi connectivity index (χ2v) is 4.62. The third-order valence-electron chi connectivity index (χ3n) is 2.95. The summed E-state index contributed by atoms with van der Waals surface area (Å²) in [7, 11) is 0. The third-order valence-corrected chi connectivity index (χ3v) is 2.95. The number of hydrogen-bond donors (Lipinski definition) is 1. The fourth-order valence-electron chi connectivity index (χ4n) is 1.91. The lowest BCUT2D eigenvalue weighted by Crippen LogP contribution is -2.02. The molecule has 2 rings (SSSR count). The van der Waals surface area contributed by atoms with Crippen LogP contribution in [0, 0.1) is 0 Å². The molecule has 2 nitrogen and oxygen atoms in total. The molecule has 0 bridgehead atoms. The second kappa shape index (κ2) is 5.05. The van der Waals surface area contributed by atoms with E-state index in [2.05, 4.69) is 0 Å². The molecule has 92 valence electrons. The summed E-state index contributed by atoms with van der Waals surface area (Å²) in [4.78, 5) is 12.3. The van der Waals surface area contributed by atoms with Crippen molar-refractivity contribution >= 4 is 5.78 Å². The number of aromatic hydroxyl groups is 1. The standard InChI is InChI=1S/C16H16O2/c1-11(2)14-10-13(8-9-15(14)17)16(18)12-6-4-3-5-7-12/h3-11,17H,1-2H3. The Hall–Kier alpha value is -2.09. The first-order valence-electron chi connectivity index (χ1n) is 6.02. The molecular weight excluding hydrogens is 224 g/mol.